The number of nitrogens with two attached hydrogens (primary N) is 1. The van der Waals surface area contributed by atoms with Crippen LogP contribution < -0.4 is 11.1 Å². The third kappa shape index (κ3) is 7.61. The summed E-state index contributed by atoms with van der Waals surface area (Å²) < 4.78 is 21.8. The van der Waals surface area contributed by atoms with Crippen LogP contribution in [0.3, 0.4) is 0 Å². The van der Waals surface area contributed by atoms with Crippen molar-refractivity contribution < 1.29 is 59.2 Å². The van der Waals surface area contributed by atoms with E-state index in [0.29, 0.717) is 5.57 Å². The summed E-state index contributed by atoms with van der Waals surface area (Å²) in [6.07, 6.45) is -1.80. The maximum Gasteiger partial charge on any atom is 0.337 e. The Labute approximate surface area is 247 Å². The summed E-state index contributed by atoms with van der Waals surface area (Å²) in [4.78, 5) is 30.3. The second-order valence-corrected chi connectivity index (χ2v) is 9.77. The van der Waals surface area contributed by atoms with Gasteiger partial charge in [0.05, 0.1) is 55.9 Å². The second kappa shape index (κ2) is 15.1. The van der Waals surface area contributed by atoms with Crippen LogP contribution in [0, 0.1) is 11.8 Å². The van der Waals surface area contributed by atoms with Crippen molar-refractivity contribution in [3.05, 3.63) is 59.7 Å². The van der Waals surface area contributed by atoms with Gasteiger partial charge in [0.2, 0.25) is 6.29 Å². The Morgan fingerprint density at radius 3 is 2.53 bits per heavy atom. The lowest BCUT2D eigenvalue weighted by Gasteiger charge is -2.42. The number of hydrogen-bond acceptors (Lipinski definition) is 13. The Morgan fingerprint density at radius 2 is 1.95 bits per heavy atom. The minimum absolute atomic E-state index is 0.0402. The fourth-order valence-corrected chi connectivity index (χ4v) is 4.79. The number of carboxylic acid groups (broad SMARTS) is 1. The van der Waals surface area contributed by atoms with E-state index in [2.05, 4.69) is 16.9 Å². The molecule has 8 atom stereocenters. The third-order valence-electron chi connectivity index (χ3n) is 7.12. The first kappa shape index (κ1) is 33.7. The molecule has 0 aliphatic carbocycles. The van der Waals surface area contributed by atoms with Crippen molar-refractivity contribution in [3.8, 4) is 0 Å². The second-order valence-electron chi connectivity index (χ2n) is 9.77. The molecule has 3 aliphatic rings. The molecule has 0 bridgehead atoms. The molecule has 0 aromatic heterocycles. The van der Waals surface area contributed by atoms with Crippen molar-refractivity contribution in [3.63, 3.8) is 0 Å². The Balaban J connectivity index is 2.01. The van der Waals surface area contributed by atoms with Crippen molar-refractivity contribution in [2.75, 3.05) is 40.5 Å². The van der Waals surface area contributed by atoms with Gasteiger partial charge in [-0.15, -0.1) is 6.58 Å². The highest BCUT2D eigenvalue weighted by Gasteiger charge is 2.47. The summed E-state index contributed by atoms with van der Waals surface area (Å²) in [5.41, 5.74) is 6.31. The van der Waals surface area contributed by atoms with E-state index in [0.717, 1.165) is 6.26 Å². The van der Waals surface area contributed by atoms with Crippen LogP contribution >= 0.6 is 0 Å². The monoisotopic (exact) mass is 610 g/mol. The highest BCUT2D eigenvalue weighted by molar-refractivity contribution is 5.92. The fraction of sp³-hybridized carbons (Fsp3) is 0.519. The number of carbonyl (C=O) groups is 2. The minimum Gasteiger partial charge on any atom is -0.478 e. The Kier molecular flexibility index (Phi) is 11.8. The van der Waals surface area contributed by atoms with Crippen LogP contribution in [-0.4, -0.2) is 131 Å². The molecule has 8 unspecified atom stereocenters. The van der Waals surface area contributed by atoms with E-state index in [4.69, 9.17) is 24.7 Å². The van der Waals surface area contributed by atoms with Gasteiger partial charge >= 0.3 is 11.9 Å². The van der Waals surface area contributed by atoms with Crippen molar-refractivity contribution >= 4 is 17.9 Å². The number of ether oxygens (including phenoxy) is 4. The lowest BCUT2D eigenvalue weighted by molar-refractivity contribution is -0.338. The average Bonchev–Trinajstić information content (AvgIpc) is 3.00. The molecule has 16 heteroatoms. The highest BCUT2D eigenvalue weighted by atomic mass is 16.8. The number of aliphatic hydroxyl groups is 5. The lowest BCUT2D eigenvalue weighted by Crippen LogP contribution is -2.60. The first-order chi connectivity index (χ1) is 20.5. The standard InChI is InChI=1S/C27H38N4O12/c1-4-14-15(6-5-13-9-31(7-8-32)10-16(23(37)38)19(13)30-27(28)29-2)17(24(39)40-3)12-41-25(14)43-26-22(36)21(35)20(34)18(11-33)42-26/h4-6,9,12,14-15,18,20-22,25-26,32-36H,1,7-8,10-11H2,2-3H3,(H,37,38)(H3,28,29,30). The quantitative estimate of drug-likeness (QED) is 0.0512. The molecule has 0 spiro atoms. The van der Waals surface area contributed by atoms with Crippen LogP contribution in [0.2, 0.25) is 0 Å². The van der Waals surface area contributed by atoms with Gasteiger partial charge in [-0.25, -0.2) is 9.59 Å². The van der Waals surface area contributed by atoms with Crippen LogP contribution in [0.1, 0.15) is 0 Å². The number of esters is 1. The minimum atomic E-state index is -1.71. The van der Waals surface area contributed by atoms with Crippen molar-refractivity contribution in [1.29, 1.82) is 0 Å². The zero-order valence-electron chi connectivity index (χ0n) is 23.6. The first-order valence-electron chi connectivity index (χ1n) is 13.2. The molecule has 1 saturated heterocycles. The number of rotatable bonds is 11. The molecule has 16 nitrogen and oxygen atoms in total. The first-order valence-corrected chi connectivity index (χ1v) is 13.2. The number of aliphatic hydroxyl groups excluding tert-OH is 5. The van der Waals surface area contributed by atoms with Gasteiger partial charge in [-0.1, -0.05) is 18.2 Å². The largest absolute Gasteiger partial charge is 0.478 e. The topological polar surface area (TPSA) is 246 Å². The van der Waals surface area contributed by atoms with E-state index in [1.54, 1.807) is 17.2 Å². The van der Waals surface area contributed by atoms with Gasteiger partial charge in [0, 0.05) is 31.3 Å². The van der Waals surface area contributed by atoms with E-state index in [-0.39, 0.29) is 42.5 Å². The van der Waals surface area contributed by atoms with Crippen LogP contribution in [-0.2, 0) is 28.5 Å². The Bertz CT molecular complexity index is 1200. The van der Waals surface area contributed by atoms with Gasteiger partial charge in [-0.3, -0.25) is 4.99 Å². The van der Waals surface area contributed by atoms with Crippen LogP contribution in [0.25, 0.3) is 0 Å². The number of carboxylic acids is 1. The summed E-state index contributed by atoms with van der Waals surface area (Å²) in [5.74, 6) is -3.72. The molecule has 0 aromatic carbocycles. The molecule has 0 amide bonds. The van der Waals surface area contributed by atoms with Gasteiger partial charge in [-0.05, 0) is 0 Å². The Hall–Kier alpha value is -3.77. The normalized spacial score (nSPS) is 31.7. The highest BCUT2D eigenvalue weighted by Crippen LogP contribution is 2.37. The van der Waals surface area contributed by atoms with Crippen LogP contribution in [0.4, 0.5) is 0 Å². The predicted octanol–water partition coefficient (Wildman–Crippen LogP) is -2.74. The lowest BCUT2D eigenvalue weighted by atomic mass is 9.83. The summed E-state index contributed by atoms with van der Waals surface area (Å²) in [6, 6.07) is 0. The number of carbonyl (C=O) groups excluding carboxylic acids is 1. The molecule has 1 fully saturated rings. The summed E-state index contributed by atoms with van der Waals surface area (Å²) in [6.45, 7) is 3.00. The number of hydrogen-bond donors (Lipinski definition) is 8. The Morgan fingerprint density at radius 1 is 1.23 bits per heavy atom. The molecule has 3 rings (SSSR count). The van der Waals surface area contributed by atoms with Crippen LogP contribution in [0.5, 0.6) is 0 Å². The molecule has 0 aromatic rings. The molecule has 43 heavy (non-hydrogen) atoms. The van der Waals surface area contributed by atoms with Gasteiger partial charge in [0.25, 0.3) is 0 Å². The van der Waals surface area contributed by atoms with Crippen molar-refractivity contribution in [1.82, 2.24) is 10.2 Å². The number of nitrogens with zero attached hydrogens (tertiary/aromatic N) is 2. The summed E-state index contributed by atoms with van der Waals surface area (Å²) in [7, 11) is 2.60. The number of allylic oxidation sites excluding steroid dienone is 2. The zero-order valence-corrected chi connectivity index (χ0v) is 23.6. The van der Waals surface area contributed by atoms with Gasteiger partial charge in [0.15, 0.2) is 12.2 Å². The molecule has 3 aliphatic heterocycles. The molecule has 238 valence electrons. The van der Waals surface area contributed by atoms with E-state index in [1.807, 2.05) is 0 Å². The SMILES string of the molecule is C=CC1C(OC2OC(CO)C(O)C(O)C2O)OC=C(C(=O)OC)C1C=CC1=CN(CCO)CC(C(=O)O)=C1NC(N)=NC. The van der Waals surface area contributed by atoms with Crippen molar-refractivity contribution in [2.24, 2.45) is 22.6 Å². The predicted molar refractivity (Wildman–Crippen MR) is 148 cm³/mol. The molecule has 0 saturated carbocycles. The van der Waals surface area contributed by atoms with Crippen molar-refractivity contribution in [2.45, 2.75) is 37.0 Å². The molecule has 3 heterocycles. The van der Waals surface area contributed by atoms with E-state index >= 15 is 0 Å². The maximum absolute atomic E-state index is 12.7. The molecular formula is C27H38N4O12. The summed E-state index contributed by atoms with van der Waals surface area (Å²) in [5, 5.41) is 62.4. The average molecular weight is 611 g/mol. The smallest absolute Gasteiger partial charge is 0.337 e. The molecular weight excluding hydrogens is 572 g/mol. The number of β-amino-alcohol motifs (C(OH)–C–C–N with tert-alkyl or cyclic N) is 1. The zero-order chi connectivity index (χ0) is 31.8. The summed E-state index contributed by atoms with van der Waals surface area (Å²) >= 11 is 0. The maximum atomic E-state index is 12.7. The van der Waals surface area contributed by atoms with Gasteiger partial charge < -0.3 is 65.5 Å². The number of aliphatic carboxylic acids is 1. The van der Waals surface area contributed by atoms with E-state index in [9.17, 15) is 40.2 Å². The van der Waals surface area contributed by atoms with Crippen LogP contribution in [0.15, 0.2) is 64.7 Å². The number of nitrogens with one attached hydrogen (secondary N) is 1. The van der Waals surface area contributed by atoms with E-state index < -0.39 is 67.4 Å². The van der Waals surface area contributed by atoms with Gasteiger partial charge in [0.1, 0.15) is 24.4 Å². The van der Waals surface area contributed by atoms with E-state index in [1.165, 1.54) is 26.3 Å². The third-order valence-corrected chi connectivity index (χ3v) is 7.12. The number of methoxy groups -OCH3 is 1. The number of aliphatic imine (C=N–C) groups is 1. The molecule has 0 radical (unpaired) electrons. The fourth-order valence-electron chi connectivity index (χ4n) is 4.79. The molecule has 9 N–H and O–H groups in total. The van der Waals surface area contributed by atoms with Gasteiger partial charge in [-0.2, -0.15) is 0 Å². The number of guanidine groups is 1.